The number of anilines is 1. The molecule has 1 saturated heterocycles. The van der Waals surface area contributed by atoms with Gasteiger partial charge in [0.1, 0.15) is 5.82 Å². The molecule has 0 radical (unpaired) electrons. The molecule has 0 saturated carbocycles. The first-order valence-corrected chi connectivity index (χ1v) is 10.3. The number of hydrogen-bond acceptors (Lipinski definition) is 3. The summed E-state index contributed by atoms with van der Waals surface area (Å²) in [5.74, 6) is 0.696. The molecule has 1 aliphatic rings. The van der Waals surface area contributed by atoms with Gasteiger partial charge >= 0.3 is 0 Å². The van der Waals surface area contributed by atoms with Gasteiger partial charge in [-0.05, 0) is 29.8 Å². The van der Waals surface area contributed by atoms with Crippen LogP contribution in [0.4, 0.5) is 10.1 Å². The van der Waals surface area contributed by atoms with Crippen LogP contribution < -0.4 is 10.2 Å². The normalized spacial score (nSPS) is 14.1. The summed E-state index contributed by atoms with van der Waals surface area (Å²) < 4.78 is 13.1. The standard InChI is InChI=1S/C23H30FN5O.HI/c1-25-23(26-13-12-22(30)27(2)18-19-6-4-3-5-7-19)29-16-14-28(15-17-29)21-10-8-20(24)9-11-21;/h3-11H,12-18H2,1-2H3,(H,25,26);1H. The van der Waals surface area contributed by atoms with E-state index in [-0.39, 0.29) is 35.7 Å². The Bertz CT molecular complexity index is 839. The molecule has 0 aliphatic carbocycles. The van der Waals surface area contributed by atoms with Crippen LogP contribution in [0.25, 0.3) is 0 Å². The zero-order valence-electron chi connectivity index (χ0n) is 18.1. The Morgan fingerprint density at radius 3 is 2.32 bits per heavy atom. The van der Waals surface area contributed by atoms with Crippen LogP contribution >= 0.6 is 24.0 Å². The molecule has 0 atom stereocenters. The van der Waals surface area contributed by atoms with E-state index in [1.807, 2.05) is 49.5 Å². The molecule has 0 unspecified atom stereocenters. The Morgan fingerprint density at radius 1 is 1.06 bits per heavy atom. The maximum absolute atomic E-state index is 13.1. The Balaban J connectivity index is 0.00000341. The quantitative estimate of drug-likeness (QED) is 0.348. The number of halogens is 2. The second kappa shape index (κ2) is 12.5. The molecule has 3 rings (SSSR count). The number of hydrogen-bond donors (Lipinski definition) is 1. The minimum absolute atomic E-state index is 0. The van der Waals surface area contributed by atoms with Crippen molar-refractivity contribution in [2.24, 2.45) is 4.99 Å². The molecule has 0 bridgehead atoms. The molecule has 1 fully saturated rings. The fraction of sp³-hybridized carbons (Fsp3) is 0.391. The fourth-order valence-corrected chi connectivity index (χ4v) is 3.58. The average Bonchev–Trinajstić information content (AvgIpc) is 2.78. The summed E-state index contributed by atoms with van der Waals surface area (Å²) in [5, 5.41) is 3.31. The molecule has 31 heavy (non-hydrogen) atoms. The highest BCUT2D eigenvalue weighted by atomic mass is 127. The van der Waals surface area contributed by atoms with Gasteiger partial charge in [0.2, 0.25) is 5.91 Å². The first kappa shape index (κ1) is 24.9. The molecule has 6 nitrogen and oxygen atoms in total. The van der Waals surface area contributed by atoms with Crippen LogP contribution in [-0.2, 0) is 11.3 Å². The number of guanidine groups is 1. The molecule has 1 heterocycles. The predicted molar refractivity (Wildman–Crippen MR) is 134 cm³/mol. The third-order valence-corrected chi connectivity index (χ3v) is 5.29. The van der Waals surface area contributed by atoms with Crippen molar-refractivity contribution < 1.29 is 9.18 Å². The lowest BCUT2D eigenvalue weighted by Crippen LogP contribution is -2.52. The summed E-state index contributed by atoms with van der Waals surface area (Å²) in [4.78, 5) is 23.0. The first-order valence-electron chi connectivity index (χ1n) is 10.3. The third kappa shape index (κ3) is 7.37. The molecule has 0 aromatic heterocycles. The maximum atomic E-state index is 13.1. The van der Waals surface area contributed by atoms with E-state index in [1.54, 1.807) is 11.9 Å². The molecule has 1 amide bonds. The maximum Gasteiger partial charge on any atom is 0.224 e. The minimum atomic E-state index is -0.217. The van der Waals surface area contributed by atoms with Crippen LogP contribution in [0.3, 0.4) is 0 Å². The van der Waals surface area contributed by atoms with E-state index < -0.39 is 0 Å². The number of nitrogens with one attached hydrogen (secondary N) is 1. The van der Waals surface area contributed by atoms with Crippen LogP contribution in [0, 0.1) is 5.82 Å². The zero-order chi connectivity index (χ0) is 21.3. The summed E-state index contributed by atoms with van der Waals surface area (Å²) >= 11 is 0. The van der Waals surface area contributed by atoms with Gasteiger partial charge in [0.05, 0.1) is 0 Å². The van der Waals surface area contributed by atoms with Gasteiger partial charge in [-0.2, -0.15) is 0 Å². The third-order valence-electron chi connectivity index (χ3n) is 5.29. The molecule has 1 aliphatic heterocycles. The highest BCUT2D eigenvalue weighted by Gasteiger charge is 2.20. The van der Waals surface area contributed by atoms with E-state index in [1.165, 1.54) is 12.1 Å². The summed E-state index contributed by atoms with van der Waals surface area (Å²) in [7, 11) is 3.59. The van der Waals surface area contributed by atoms with E-state index in [0.29, 0.717) is 19.5 Å². The van der Waals surface area contributed by atoms with Crippen LogP contribution in [-0.4, -0.2) is 68.5 Å². The van der Waals surface area contributed by atoms with Crippen molar-refractivity contribution in [2.45, 2.75) is 13.0 Å². The molecular formula is C23H31FIN5O. The van der Waals surface area contributed by atoms with Gasteiger partial charge in [-0.25, -0.2) is 4.39 Å². The van der Waals surface area contributed by atoms with Crippen LogP contribution in [0.15, 0.2) is 59.6 Å². The second-order valence-corrected chi connectivity index (χ2v) is 7.41. The van der Waals surface area contributed by atoms with Crippen LogP contribution in [0.1, 0.15) is 12.0 Å². The average molecular weight is 539 g/mol. The topological polar surface area (TPSA) is 51.2 Å². The lowest BCUT2D eigenvalue weighted by Gasteiger charge is -2.37. The van der Waals surface area contributed by atoms with Crippen molar-refractivity contribution in [3.8, 4) is 0 Å². The SMILES string of the molecule is CN=C(NCCC(=O)N(C)Cc1ccccc1)N1CCN(c2ccc(F)cc2)CC1.I. The van der Waals surface area contributed by atoms with Gasteiger partial charge < -0.3 is 20.0 Å². The Labute approximate surface area is 201 Å². The van der Waals surface area contributed by atoms with Gasteiger partial charge in [-0.15, -0.1) is 24.0 Å². The highest BCUT2D eigenvalue weighted by Crippen LogP contribution is 2.17. The highest BCUT2D eigenvalue weighted by molar-refractivity contribution is 14.0. The molecule has 0 spiro atoms. The number of aliphatic imine (C=N–C) groups is 1. The zero-order valence-corrected chi connectivity index (χ0v) is 20.5. The Hall–Kier alpha value is -2.36. The number of amides is 1. The van der Waals surface area contributed by atoms with E-state index in [2.05, 4.69) is 20.1 Å². The van der Waals surface area contributed by atoms with E-state index in [9.17, 15) is 9.18 Å². The predicted octanol–water partition coefficient (Wildman–Crippen LogP) is 3.19. The minimum Gasteiger partial charge on any atom is -0.368 e. The summed E-state index contributed by atoms with van der Waals surface area (Å²) in [5.41, 5.74) is 2.15. The summed E-state index contributed by atoms with van der Waals surface area (Å²) in [6.07, 6.45) is 0.415. The number of rotatable bonds is 6. The van der Waals surface area contributed by atoms with Crippen molar-refractivity contribution in [3.63, 3.8) is 0 Å². The van der Waals surface area contributed by atoms with Crippen molar-refractivity contribution in [2.75, 3.05) is 51.7 Å². The molecule has 1 N–H and O–H groups in total. The summed E-state index contributed by atoms with van der Waals surface area (Å²) in [6.45, 7) is 4.47. The smallest absolute Gasteiger partial charge is 0.224 e. The van der Waals surface area contributed by atoms with Gasteiger partial charge in [0.15, 0.2) is 5.96 Å². The molecule has 8 heteroatoms. The number of nitrogens with zero attached hydrogens (tertiary/aromatic N) is 4. The van der Waals surface area contributed by atoms with Crippen LogP contribution in [0.2, 0.25) is 0 Å². The van der Waals surface area contributed by atoms with Gasteiger partial charge in [-0.1, -0.05) is 30.3 Å². The van der Waals surface area contributed by atoms with Gasteiger partial charge in [0.25, 0.3) is 0 Å². The van der Waals surface area contributed by atoms with Crippen LogP contribution in [0.5, 0.6) is 0 Å². The first-order chi connectivity index (χ1) is 14.6. The molecule has 168 valence electrons. The number of piperazine rings is 1. The van der Waals surface area contributed by atoms with Gasteiger partial charge in [0, 0.05) is 65.5 Å². The van der Waals surface area contributed by atoms with Crippen molar-refractivity contribution in [1.29, 1.82) is 0 Å². The molecule has 2 aromatic carbocycles. The molecular weight excluding hydrogens is 508 g/mol. The van der Waals surface area contributed by atoms with E-state index in [0.717, 1.165) is 43.4 Å². The van der Waals surface area contributed by atoms with Gasteiger partial charge in [-0.3, -0.25) is 9.79 Å². The fourth-order valence-electron chi connectivity index (χ4n) is 3.58. The molecule has 2 aromatic rings. The van der Waals surface area contributed by atoms with E-state index >= 15 is 0 Å². The lowest BCUT2D eigenvalue weighted by molar-refractivity contribution is -0.130. The largest absolute Gasteiger partial charge is 0.368 e. The summed E-state index contributed by atoms with van der Waals surface area (Å²) in [6, 6.07) is 16.6. The van der Waals surface area contributed by atoms with Crippen molar-refractivity contribution >= 4 is 41.5 Å². The number of carbonyl (C=O) groups excluding carboxylic acids is 1. The van der Waals surface area contributed by atoms with Crippen molar-refractivity contribution in [3.05, 3.63) is 66.0 Å². The Morgan fingerprint density at radius 2 is 1.71 bits per heavy atom. The second-order valence-electron chi connectivity index (χ2n) is 7.41. The number of benzene rings is 2. The van der Waals surface area contributed by atoms with Crippen molar-refractivity contribution in [1.82, 2.24) is 15.1 Å². The number of carbonyl (C=O) groups is 1. The Kier molecular flexibility index (Phi) is 10.0. The van der Waals surface area contributed by atoms with E-state index in [4.69, 9.17) is 0 Å². The lowest BCUT2D eigenvalue weighted by atomic mass is 10.2. The monoisotopic (exact) mass is 539 g/mol.